The number of aliphatic carboxylic acids is 2. The first kappa shape index (κ1) is 29.3. The van der Waals surface area contributed by atoms with E-state index in [1.165, 1.54) is 0 Å². The first-order valence-corrected chi connectivity index (χ1v) is 9.71. The molecule has 0 radical (unpaired) electrons. The highest BCUT2D eigenvalue weighted by Gasteiger charge is 2.18. The van der Waals surface area contributed by atoms with E-state index in [2.05, 4.69) is 30.8 Å². The van der Waals surface area contributed by atoms with Gasteiger partial charge in [-0.3, -0.25) is 19.2 Å². The number of nitrogens with two attached hydrogens (primary N) is 2. The number of ether oxygens (including phenoxy) is 2. The Morgan fingerprint density at radius 2 is 1.38 bits per heavy atom. The molecule has 0 bridgehead atoms. The van der Waals surface area contributed by atoms with Crippen molar-refractivity contribution in [1.29, 1.82) is 0 Å². The molecule has 2 unspecified atom stereocenters. The van der Waals surface area contributed by atoms with Crippen LogP contribution < -0.4 is 11.5 Å². The van der Waals surface area contributed by atoms with Crippen LogP contribution in [0.1, 0.15) is 26.7 Å². The predicted molar refractivity (Wildman–Crippen MR) is 93.6 cm³/mol. The molecule has 0 saturated heterocycles. The van der Waals surface area contributed by atoms with E-state index in [0.29, 0.717) is 0 Å². The summed E-state index contributed by atoms with van der Waals surface area (Å²) in [5.41, 5.74) is 10.2. The molecule has 26 heavy (non-hydrogen) atoms. The SMILES string of the molecule is CCOC(=O)CC(N)C(=O)OCC.NC(CC(=O)O)C(=O)O.O=S(Cl)Cl. The van der Waals surface area contributed by atoms with Gasteiger partial charge in [-0.05, 0) is 13.8 Å². The second-order valence-corrected chi connectivity index (χ2v) is 6.62. The molecule has 0 amide bonds. The molecular formula is C12H22Cl2N2O9S. The quantitative estimate of drug-likeness (QED) is 0.286. The highest BCUT2D eigenvalue weighted by Crippen LogP contribution is 1.95. The lowest BCUT2D eigenvalue weighted by molar-refractivity contribution is -0.151. The molecule has 0 heterocycles. The number of carbonyl (C=O) groups excluding carboxylic acids is 2. The van der Waals surface area contributed by atoms with Crippen LogP contribution in [0.15, 0.2) is 0 Å². The van der Waals surface area contributed by atoms with Crippen LogP contribution in [0, 0.1) is 0 Å². The molecule has 154 valence electrons. The van der Waals surface area contributed by atoms with Gasteiger partial charge in [0.05, 0.1) is 26.1 Å². The first-order chi connectivity index (χ1) is 11.9. The van der Waals surface area contributed by atoms with Crippen molar-refractivity contribution in [1.82, 2.24) is 0 Å². The van der Waals surface area contributed by atoms with Crippen LogP contribution in [0.25, 0.3) is 0 Å². The standard InChI is InChI=1S/C8H15NO4.C4H7NO4.Cl2OS/c1-3-12-7(10)5-6(9)8(11)13-4-2;5-2(4(8)9)1-3(6)7;1-4(2)3/h6H,3-5,9H2,1-2H3;2H,1,5H2,(H,6,7)(H,8,9);. The van der Waals surface area contributed by atoms with Crippen LogP contribution in [-0.4, -0.2) is 63.6 Å². The van der Waals surface area contributed by atoms with Gasteiger partial charge in [-0.1, -0.05) is 0 Å². The molecule has 0 aliphatic rings. The molecule has 6 N–H and O–H groups in total. The minimum absolute atomic E-state index is 0.132. The monoisotopic (exact) mass is 440 g/mol. The van der Waals surface area contributed by atoms with Gasteiger partial charge < -0.3 is 31.2 Å². The summed E-state index contributed by atoms with van der Waals surface area (Å²) in [4.78, 5) is 41.4. The number of halogens is 2. The number of carboxylic acid groups (broad SMARTS) is 2. The van der Waals surface area contributed by atoms with E-state index in [9.17, 15) is 19.2 Å². The smallest absolute Gasteiger partial charge is 0.323 e. The van der Waals surface area contributed by atoms with Crippen molar-refractivity contribution in [3.05, 3.63) is 0 Å². The molecular weight excluding hydrogens is 419 g/mol. The van der Waals surface area contributed by atoms with Crippen molar-refractivity contribution in [3.8, 4) is 0 Å². The van der Waals surface area contributed by atoms with E-state index in [1.807, 2.05) is 0 Å². The van der Waals surface area contributed by atoms with Gasteiger partial charge in [-0.2, -0.15) is 0 Å². The van der Waals surface area contributed by atoms with Crippen molar-refractivity contribution in [2.45, 2.75) is 38.8 Å². The van der Waals surface area contributed by atoms with Gasteiger partial charge in [0.15, 0.2) is 0 Å². The maximum atomic E-state index is 10.9. The van der Waals surface area contributed by atoms with E-state index in [1.54, 1.807) is 13.8 Å². The van der Waals surface area contributed by atoms with Crippen molar-refractivity contribution in [2.75, 3.05) is 13.2 Å². The Morgan fingerprint density at radius 3 is 1.65 bits per heavy atom. The van der Waals surface area contributed by atoms with E-state index in [0.717, 1.165) is 0 Å². The summed E-state index contributed by atoms with van der Waals surface area (Å²) in [6.07, 6.45) is -0.665. The Bertz CT molecular complexity index is 476. The molecule has 11 nitrogen and oxygen atoms in total. The Balaban J connectivity index is -0.000000352. The van der Waals surface area contributed by atoms with Crippen molar-refractivity contribution < 1.29 is 43.1 Å². The molecule has 0 rings (SSSR count). The zero-order valence-corrected chi connectivity index (χ0v) is 16.4. The third-order valence-corrected chi connectivity index (χ3v) is 1.99. The summed E-state index contributed by atoms with van der Waals surface area (Å²) < 4.78 is 18.3. The predicted octanol–water partition coefficient (Wildman–Crippen LogP) is -0.254. The fourth-order valence-corrected chi connectivity index (χ4v) is 1.01. The fraction of sp³-hybridized carbons (Fsp3) is 0.667. The minimum atomic E-state index is -1.67. The summed E-state index contributed by atoms with van der Waals surface area (Å²) in [6, 6.07) is -2.21. The zero-order chi connectivity index (χ0) is 21.3. The maximum absolute atomic E-state index is 10.9. The van der Waals surface area contributed by atoms with Crippen LogP contribution in [0.5, 0.6) is 0 Å². The number of hydrogen-bond acceptors (Lipinski definition) is 9. The Kier molecular flexibility index (Phi) is 20.7. The molecule has 2 atom stereocenters. The second-order valence-electron chi connectivity index (χ2n) is 4.09. The second kappa shape index (κ2) is 18.3. The van der Waals surface area contributed by atoms with E-state index >= 15 is 0 Å². The van der Waals surface area contributed by atoms with Gasteiger partial charge in [0.1, 0.15) is 12.1 Å². The highest BCUT2D eigenvalue weighted by atomic mass is 36.0. The van der Waals surface area contributed by atoms with E-state index < -0.39 is 51.6 Å². The van der Waals surface area contributed by atoms with Gasteiger partial charge in [0.25, 0.3) is 0 Å². The van der Waals surface area contributed by atoms with E-state index in [-0.39, 0.29) is 19.6 Å². The molecule has 0 aromatic carbocycles. The van der Waals surface area contributed by atoms with E-state index in [4.69, 9.17) is 25.9 Å². The lowest BCUT2D eigenvalue weighted by Gasteiger charge is -2.09. The third kappa shape index (κ3) is 24.8. The minimum Gasteiger partial charge on any atom is -0.481 e. The van der Waals surface area contributed by atoms with Gasteiger partial charge in [-0.25, -0.2) is 4.21 Å². The van der Waals surface area contributed by atoms with Gasteiger partial charge in [0.2, 0.25) is 9.23 Å². The lowest BCUT2D eigenvalue weighted by Crippen LogP contribution is -2.35. The molecule has 0 aromatic rings. The van der Waals surface area contributed by atoms with Crippen molar-refractivity contribution in [3.63, 3.8) is 0 Å². The number of rotatable bonds is 8. The molecule has 0 aliphatic heterocycles. The molecule has 0 aliphatic carbocycles. The largest absolute Gasteiger partial charge is 0.481 e. The number of carboxylic acids is 2. The maximum Gasteiger partial charge on any atom is 0.323 e. The number of carbonyl (C=O) groups is 4. The summed E-state index contributed by atoms with van der Waals surface area (Å²) in [6.45, 7) is 3.91. The van der Waals surface area contributed by atoms with Gasteiger partial charge >= 0.3 is 23.9 Å². The van der Waals surface area contributed by atoms with Crippen LogP contribution in [0.2, 0.25) is 0 Å². The Labute approximate surface area is 161 Å². The fourth-order valence-electron chi connectivity index (χ4n) is 1.01. The molecule has 0 fully saturated rings. The third-order valence-electron chi connectivity index (χ3n) is 1.99. The summed E-state index contributed by atoms with van der Waals surface area (Å²) in [7, 11) is 7.36. The van der Waals surface area contributed by atoms with Gasteiger partial charge in [-0.15, -0.1) is 0 Å². The number of hydrogen-bond donors (Lipinski definition) is 4. The van der Waals surface area contributed by atoms with Gasteiger partial charge in [0, 0.05) is 21.4 Å². The Hall–Kier alpha value is -1.47. The highest BCUT2D eigenvalue weighted by molar-refractivity contribution is 8.26. The Morgan fingerprint density at radius 1 is 0.962 bits per heavy atom. The normalized spacial score (nSPS) is 11.7. The first-order valence-electron chi connectivity index (χ1n) is 6.91. The zero-order valence-electron chi connectivity index (χ0n) is 14.1. The summed E-state index contributed by atoms with van der Waals surface area (Å²) >= 11 is 0. The van der Waals surface area contributed by atoms with Crippen LogP contribution in [0.3, 0.4) is 0 Å². The van der Waals surface area contributed by atoms with Crippen molar-refractivity contribution >= 4 is 54.5 Å². The average molecular weight is 441 g/mol. The molecule has 0 aromatic heterocycles. The topological polar surface area (TPSA) is 196 Å². The molecule has 0 saturated carbocycles. The van der Waals surface area contributed by atoms with Crippen LogP contribution >= 0.6 is 21.4 Å². The lowest BCUT2D eigenvalue weighted by atomic mass is 10.2. The van der Waals surface area contributed by atoms with Crippen LogP contribution in [0.4, 0.5) is 0 Å². The average Bonchev–Trinajstić information content (AvgIpc) is 2.46. The summed E-state index contributed by atoms with van der Waals surface area (Å²) in [5, 5.41) is 16.0. The molecule has 14 heteroatoms. The molecule has 0 spiro atoms. The summed E-state index contributed by atoms with van der Waals surface area (Å²) in [5.74, 6) is -3.55. The van der Waals surface area contributed by atoms with Crippen molar-refractivity contribution in [2.24, 2.45) is 11.5 Å². The number of esters is 2. The van der Waals surface area contributed by atoms with Crippen LogP contribution in [-0.2, 0) is 37.9 Å².